The number of anilines is 2. The Kier molecular flexibility index (Phi) is 4.57. The largest absolute Gasteiger partial charge is 0.507 e. The maximum Gasteiger partial charge on any atom is 0.153 e. The lowest BCUT2D eigenvalue weighted by atomic mass is 10.2. The fourth-order valence-electron chi connectivity index (χ4n) is 1.10. The van der Waals surface area contributed by atoms with Gasteiger partial charge in [-0.25, -0.2) is 0 Å². The number of phenolic OH excluding ortho intramolecular Hbond substituents is 1. The van der Waals surface area contributed by atoms with Gasteiger partial charge in [0.05, 0.1) is 16.9 Å². The average Bonchev–Trinajstić information content (AvgIpc) is 2.34. The second kappa shape index (κ2) is 6.17. The van der Waals surface area contributed by atoms with Crippen molar-refractivity contribution in [2.24, 2.45) is 0 Å². The summed E-state index contributed by atoms with van der Waals surface area (Å²) in [6.07, 6.45) is 0.620. The highest BCUT2D eigenvalue weighted by atomic mass is 16.3. The fourth-order valence-corrected chi connectivity index (χ4v) is 1.10. The molecule has 2 aromatic carbocycles. The second-order valence-electron chi connectivity index (χ2n) is 3.31. The molecule has 0 aliphatic heterocycles. The summed E-state index contributed by atoms with van der Waals surface area (Å²) in [6, 6.07) is 13.7. The third-order valence-electron chi connectivity index (χ3n) is 2.06. The highest BCUT2D eigenvalue weighted by Gasteiger charge is 1.93. The highest BCUT2D eigenvalue weighted by molar-refractivity contribution is 5.78. The standard InChI is InChI=1S/C7H6O2.C6H8N2/c8-5-6-3-1-2-4-7(6)9;7-5-3-1-2-4-6(5)8/h1-5,9H;1-4H,7-8H2. The van der Waals surface area contributed by atoms with Crippen LogP contribution in [0.15, 0.2) is 48.5 Å². The van der Waals surface area contributed by atoms with Crippen LogP contribution in [0.1, 0.15) is 10.4 Å². The van der Waals surface area contributed by atoms with Gasteiger partial charge in [0.1, 0.15) is 5.75 Å². The van der Waals surface area contributed by atoms with Gasteiger partial charge in [0, 0.05) is 0 Å². The smallest absolute Gasteiger partial charge is 0.153 e. The molecule has 2 aromatic rings. The van der Waals surface area contributed by atoms with Crippen molar-refractivity contribution in [2.45, 2.75) is 0 Å². The Hall–Kier alpha value is -2.49. The molecule has 0 aliphatic rings. The molecule has 0 saturated carbocycles. The van der Waals surface area contributed by atoms with Crippen molar-refractivity contribution < 1.29 is 9.90 Å². The Morgan fingerprint density at radius 1 is 0.882 bits per heavy atom. The fraction of sp³-hybridized carbons (Fsp3) is 0. The minimum Gasteiger partial charge on any atom is -0.507 e. The van der Waals surface area contributed by atoms with Crippen LogP contribution in [0.5, 0.6) is 5.75 Å². The molecule has 0 atom stereocenters. The van der Waals surface area contributed by atoms with E-state index in [1.54, 1.807) is 30.3 Å². The lowest BCUT2D eigenvalue weighted by molar-refractivity contribution is 0.112. The molecule has 0 aliphatic carbocycles. The average molecular weight is 230 g/mol. The van der Waals surface area contributed by atoms with E-state index in [1.165, 1.54) is 6.07 Å². The van der Waals surface area contributed by atoms with Gasteiger partial charge in [-0.3, -0.25) is 4.79 Å². The summed E-state index contributed by atoms with van der Waals surface area (Å²) in [5, 5.41) is 8.88. The van der Waals surface area contributed by atoms with Crippen LogP contribution in [0, 0.1) is 0 Å². The number of hydrogen-bond acceptors (Lipinski definition) is 4. The van der Waals surface area contributed by atoms with Crippen LogP contribution in [-0.2, 0) is 0 Å². The molecule has 0 bridgehead atoms. The van der Waals surface area contributed by atoms with Crippen molar-refractivity contribution in [1.29, 1.82) is 0 Å². The van der Waals surface area contributed by atoms with Crippen molar-refractivity contribution in [3.05, 3.63) is 54.1 Å². The zero-order valence-corrected chi connectivity index (χ0v) is 9.21. The van der Waals surface area contributed by atoms with Crippen molar-refractivity contribution in [3.8, 4) is 5.75 Å². The summed E-state index contributed by atoms with van der Waals surface area (Å²) >= 11 is 0. The predicted molar refractivity (Wildman–Crippen MR) is 68.8 cm³/mol. The molecule has 0 radical (unpaired) electrons. The van der Waals surface area contributed by atoms with E-state index in [1.807, 2.05) is 12.1 Å². The van der Waals surface area contributed by atoms with E-state index in [9.17, 15) is 4.79 Å². The second-order valence-corrected chi connectivity index (χ2v) is 3.31. The molecule has 2 rings (SSSR count). The Balaban J connectivity index is 0.000000171. The molecule has 88 valence electrons. The third-order valence-corrected chi connectivity index (χ3v) is 2.06. The molecule has 5 N–H and O–H groups in total. The number of carbonyl (C=O) groups is 1. The number of benzene rings is 2. The van der Waals surface area contributed by atoms with Gasteiger partial charge in [0.25, 0.3) is 0 Å². The molecule has 0 saturated heterocycles. The van der Waals surface area contributed by atoms with Gasteiger partial charge in [-0.2, -0.15) is 0 Å². The topological polar surface area (TPSA) is 89.3 Å². The van der Waals surface area contributed by atoms with Crippen molar-refractivity contribution >= 4 is 17.7 Å². The first kappa shape index (κ1) is 12.6. The monoisotopic (exact) mass is 230 g/mol. The van der Waals surface area contributed by atoms with Crippen LogP contribution >= 0.6 is 0 Å². The summed E-state index contributed by atoms with van der Waals surface area (Å²) in [5.74, 6) is 0.0347. The summed E-state index contributed by atoms with van der Waals surface area (Å²) in [7, 11) is 0. The predicted octanol–water partition coefficient (Wildman–Crippen LogP) is 2.06. The van der Waals surface area contributed by atoms with Gasteiger partial charge in [-0.15, -0.1) is 0 Å². The van der Waals surface area contributed by atoms with E-state index in [2.05, 4.69) is 0 Å². The van der Waals surface area contributed by atoms with Crippen LogP contribution < -0.4 is 11.5 Å². The van der Waals surface area contributed by atoms with Crippen LogP contribution in [0.4, 0.5) is 11.4 Å². The normalized spacial score (nSPS) is 8.94. The molecule has 0 amide bonds. The molecule has 0 aromatic heterocycles. The molecule has 17 heavy (non-hydrogen) atoms. The van der Waals surface area contributed by atoms with Crippen LogP contribution in [0.25, 0.3) is 0 Å². The van der Waals surface area contributed by atoms with E-state index >= 15 is 0 Å². The maximum absolute atomic E-state index is 10.1. The summed E-state index contributed by atoms with van der Waals surface area (Å²) in [5.41, 5.74) is 12.4. The minimum absolute atomic E-state index is 0.0347. The Bertz CT molecular complexity index is 477. The Morgan fingerprint density at radius 2 is 1.35 bits per heavy atom. The number of aromatic hydroxyl groups is 1. The Morgan fingerprint density at radius 3 is 1.71 bits per heavy atom. The van der Waals surface area contributed by atoms with E-state index in [-0.39, 0.29) is 5.75 Å². The van der Waals surface area contributed by atoms with Crippen LogP contribution in [0.2, 0.25) is 0 Å². The van der Waals surface area contributed by atoms with Gasteiger partial charge in [0.15, 0.2) is 6.29 Å². The molecule has 0 heterocycles. The number of aldehydes is 1. The van der Waals surface area contributed by atoms with Crippen LogP contribution in [-0.4, -0.2) is 11.4 Å². The Labute approximate surface area is 99.5 Å². The number of para-hydroxylation sites is 3. The first-order chi connectivity index (χ1) is 8.15. The molecule has 4 nitrogen and oxygen atoms in total. The van der Waals surface area contributed by atoms with E-state index in [0.29, 0.717) is 23.2 Å². The number of nitrogen functional groups attached to an aromatic ring is 2. The molecule has 0 spiro atoms. The van der Waals surface area contributed by atoms with Gasteiger partial charge in [0.2, 0.25) is 0 Å². The van der Waals surface area contributed by atoms with Crippen molar-refractivity contribution in [3.63, 3.8) is 0 Å². The van der Waals surface area contributed by atoms with E-state index < -0.39 is 0 Å². The number of hydrogen-bond donors (Lipinski definition) is 3. The zero-order valence-electron chi connectivity index (χ0n) is 9.21. The SMILES string of the molecule is Nc1ccccc1N.O=Cc1ccccc1O. The lowest BCUT2D eigenvalue weighted by Crippen LogP contribution is -1.91. The molecular formula is C13H14N2O2. The molecule has 4 heteroatoms. The van der Waals surface area contributed by atoms with Crippen molar-refractivity contribution in [1.82, 2.24) is 0 Å². The van der Waals surface area contributed by atoms with E-state index in [0.717, 1.165) is 0 Å². The first-order valence-corrected chi connectivity index (χ1v) is 4.98. The number of phenols is 1. The summed E-state index contributed by atoms with van der Waals surface area (Å²) < 4.78 is 0. The van der Waals surface area contributed by atoms with Crippen molar-refractivity contribution in [2.75, 3.05) is 11.5 Å². The van der Waals surface area contributed by atoms with Gasteiger partial charge in [-0.05, 0) is 24.3 Å². The van der Waals surface area contributed by atoms with Crippen LogP contribution in [0.3, 0.4) is 0 Å². The molecule has 0 unspecified atom stereocenters. The summed E-state index contributed by atoms with van der Waals surface area (Å²) in [4.78, 5) is 10.1. The van der Waals surface area contributed by atoms with Gasteiger partial charge >= 0.3 is 0 Å². The third kappa shape index (κ3) is 3.87. The highest BCUT2D eigenvalue weighted by Crippen LogP contribution is 2.11. The molecule has 0 fully saturated rings. The minimum atomic E-state index is 0.0347. The number of nitrogens with two attached hydrogens (primary N) is 2. The van der Waals surface area contributed by atoms with Gasteiger partial charge < -0.3 is 16.6 Å². The zero-order chi connectivity index (χ0) is 12.7. The molecular weight excluding hydrogens is 216 g/mol. The number of carbonyl (C=O) groups excluding carboxylic acids is 1. The first-order valence-electron chi connectivity index (χ1n) is 4.98. The quantitative estimate of drug-likeness (QED) is 0.516. The van der Waals surface area contributed by atoms with Gasteiger partial charge in [-0.1, -0.05) is 24.3 Å². The number of rotatable bonds is 1. The maximum atomic E-state index is 10.1. The lowest BCUT2D eigenvalue weighted by Gasteiger charge is -1.94. The van der Waals surface area contributed by atoms with E-state index in [4.69, 9.17) is 16.6 Å². The summed E-state index contributed by atoms with van der Waals surface area (Å²) in [6.45, 7) is 0.